The van der Waals surface area contributed by atoms with Gasteiger partial charge in [0.1, 0.15) is 5.82 Å². The second-order valence-corrected chi connectivity index (χ2v) is 6.94. The highest BCUT2D eigenvalue weighted by Crippen LogP contribution is 2.24. The van der Waals surface area contributed by atoms with Gasteiger partial charge in [-0.05, 0) is 29.4 Å². The molecule has 21 heavy (non-hydrogen) atoms. The number of pyridine rings is 1. The molecule has 1 amide bonds. The lowest BCUT2D eigenvalue weighted by molar-refractivity contribution is 0.0937. The standard InChI is InChI=1S/C16H28N4O/c1-10(2)13-7-12(8-14(19-13)20-17)15(21)18-9-11(3)16(4,5)6/h7-8,10-11H,9,17H2,1-6H3,(H,18,21)(H,19,20). The lowest BCUT2D eigenvalue weighted by atomic mass is 9.82. The van der Waals surface area contributed by atoms with Crippen molar-refractivity contribution >= 4 is 11.7 Å². The Balaban J connectivity index is 2.85. The number of nitrogens with one attached hydrogen (secondary N) is 2. The van der Waals surface area contributed by atoms with Crippen molar-refractivity contribution in [2.24, 2.45) is 17.2 Å². The van der Waals surface area contributed by atoms with Crippen LogP contribution in [0.2, 0.25) is 0 Å². The highest BCUT2D eigenvalue weighted by atomic mass is 16.1. The van der Waals surface area contributed by atoms with E-state index >= 15 is 0 Å². The van der Waals surface area contributed by atoms with Gasteiger partial charge in [-0.3, -0.25) is 4.79 Å². The summed E-state index contributed by atoms with van der Waals surface area (Å²) in [7, 11) is 0. The molecule has 0 aromatic carbocycles. The van der Waals surface area contributed by atoms with Gasteiger partial charge in [0.15, 0.2) is 0 Å². The summed E-state index contributed by atoms with van der Waals surface area (Å²) >= 11 is 0. The maximum Gasteiger partial charge on any atom is 0.251 e. The number of aromatic nitrogens is 1. The van der Waals surface area contributed by atoms with Crippen LogP contribution in [0.3, 0.4) is 0 Å². The van der Waals surface area contributed by atoms with E-state index in [-0.39, 0.29) is 17.2 Å². The zero-order valence-electron chi connectivity index (χ0n) is 13.9. The first-order valence-corrected chi connectivity index (χ1v) is 7.42. The van der Waals surface area contributed by atoms with Crippen molar-refractivity contribution in [3.63, 3.8) is 0 Å². The first kappa shape index (κ1) is 17.4. The number of nitrogen functional groups attached to an aromatic ring is 1. The van der Waals surface area contributed by atoms with Crippen molar-refractivity contribution < 1.29 is 4.79 Å². The maximum absolute atomic E-state index is 12.3. The maximum atomic E-state index is 12.3. The minimum atomic E-state index is -0.0908. The number of nitrogens with zero attached hydrogens (tertiary/aromatic N) is 1. The normalized spacial score (nSPS) is 13.1. The Bertz CT molecular complexity index is 492. The molecule has 0 radical (unpaired) electrons. The summed E-state index contributed by atoms with van der Waals surface area (Å²) in [5.74, 6) is 6.47. The molecule has 4 N–H and O–H groups in total. The molecule has 0 aliphatic rings. The van der Waals surface area contributed by atoms with E-state index in [1.54, 1.807) is 6.07 Å². The van der Waals surface area contributed by atoms with E-state index < -0.39 is 0 Å². The molecule has 1 aromatic rings. The Hall–Kier alpha value is -1.62. The molecule has 5 nitrogen and oxygen atoms in total. The van der Waals surface area contributed by atoms with Crippen LogP contribution in [-0.4, -0.2) is 17.4 Å². The predicted molar refractivity (Wildman–Crippen MR) is 87.1 cm³/mol. The molecule has 0 saturated carbocycles. The molecule has 0 fully saturated rings. The van der Waals surface area contributed by atoms with Crippen LogP contribution >= 0.6 is 0 Å². The number of anilines is 1. The fourth-order valence-electron chi connectivity index (χ4n) is 1.71. The largest absolute Gasteiger partial charge is 0.352 e. The van der Waals surface area contributed by atoms with Gasteiger partial charge in [0.25, 0.3) is 5.91 Å². The van der Waals surface area contributed by atoms with E-state index in [4.69, 9.17) is 5.84 Å². The molecule has 0 aliphatic heterocycles. The summed E-state index contributed by atoms with van der Waals surface area (Å²) in [6.45, 7) is 13.4. The van der Waals surface area contributed by atoms with Gasteiger partial charge in [0.2, 0.25) is 0 Å². The van der Waals surface area contributed by atoms with Crippen LogP contribution in [0.15, 0.2) is 12.1 Å². The molecule has 0 aliphatic carbocycles. The fourth-order valence-corrected chi connectivity index (χ4v) is 1.71. The van der Waals surface area contributed by atoms with E-state index in [1.807, 2.05) is 19.9 Å². The van der Waals surface area contributed by atoms with Crippen molar-refractivity contribution in [3.8, 4) is 0 Å². The molecule has 0 bridgehead atoms. The van der Waals surface area contributed by atoms with Gasteiger partial charge in [-0.1, -0.05) is 41.5 Å². The number of nitrogens with two attached hydrogens (primary N) is 1. The average molecular weight is 292 g/mol. The van der Waals surface area contributed by atoms with Crippen molar-refractivity contribution in [1.82, 2.24) is 10.3 Å². The topological polar surface area (TPSA) is 80.0 Å². The Morgan fingerprint density at radius 3 is 2.38 bits per heavy atom. The first-order valence-electron chi connectivity index (χ1n) is 7.42. The average Bonchev–Trinajstić information content (AvgIpc) is 2.42. The third-order valence-electron chi connectivity index (χ3n) is 3.89. The summed E-state index contributed by atoms with van der Waals surface area (Å²) < 4.78 is 0. The molecule has 0 spiro atoms. The molecule has 1 aromatic heterocycles. The van der Waals surface area contributed by atoms with Crippen LogP contribution in [0.5, 0.6) is 0 Å². The minimum absolute atomic E-state index is 0.0908. The third kappa shape index (κ3) is 5.01. The summed E-state index contributed by atoms with van der Waals surface area (Å²) in [5, 5.41) is 2.99. The number of carbonyl (C=O) groups is 1. The molecule has 118 valence electrons. The van der Waals surface area contributed by atoms with Gasteiger partial charge >= 0.3 is 0 Å². The zero-order valence-corrected chi connectivity index (χ0v) is 13.9. The van der Waals surface area contributed by atoms with E-state index in [1.165, 1.54) is 0 Å². The molecular weight excluding hydrogens is 264 g/mol. The number of carbonyl (C=O) groups excluding carboxylic acids is 1. The van der Waals surface area contributed by atoms with Crippen LogP contribution in [0.25, 0.3) is 0 Å². The molecular formula is C16H28N4O. The lowest BCUT2D eigenvalue weighted by Crippen LogP contribution is -2.33. The number of amides is 1. The lowest BCUT2D eigenvalue weighted by Gasteiger charge is -2.27. The van der Waals surface area contributed by atoms with Crippen molar-refractivity contribution in [3.05, 3.63) is 23.4 Å². The van der Waals surface area contributed by atoms with E-state index in [0.717, 1.165) is 5.69 Å². The monoisotopic (exact) mass is 292 g/mol. The van der Waals surface area contributed by atoms with Crippen molar-refractivity contribution in [1.29, 1.82) is 0 Å². The Morgan fingerprint density at radius 1 is 1.29 bits per heavy atom. The molecule has 0 saturated heterocycles. The van der Waals surface area contributed by atoms with E-state index in [9.17, 15) is 4.79 Å². The zero-order chi connectivity index (χ0) is 16.2. The van der Waals surface area contributed by atoms with Gasteiger partial charge in [-0.15, -0.1) is 0 Å². The molecule has 1 rings (SSSR count). The van der Waals surface area contributed by atoms with Gasteiger partial charge in [-0.2, -0.15) is 0 Å². The third-order valence-corrected chi connectivity index (χ3v) is 3.89. The van der Waals surface area contributed by atoms with Crippen LogP contribution in [0, 0.1) is 11.3 Å². The van der Waals surface area contributed by atoms with E-state index in [2.05, 4.69) is 43.4 Å². The highest BCUT2D eigenvalue weighted by molar-refractivity contribution is 5.95. The molecule has 1 heterocycles. The van der Waals surface area contributed by atoms with Gasteiger partial charge in [-0.25, -0.2) is 10.8 Å². The van der Waals surface area contributed by atoms with Gasteiger partial charge in [0, 0.05) is 17.8 Å². The fraction of sp³-hybridized carbons (Fsp3) is 0.625. The Labute approximate surface area is 127 Å². The number of hydrogen-bond donors (Lipinski definition) is 3. The Kier molecular flexibility index (Phi) is 5.72. The van der Waals surface area contributed by atoms with Gasteiger partial charge in [0.05, 0.1) is 0 Å². The number of rotatable bonds is 5. The summed E-state index contributed by atoms with van der Waals surface area (Å²) in [6.07, 6.45) is 0. The van der Waals surface area contributed by atoms with Gasteiger partial charge < -0.3 is 10.7 Å². The summed E-state index contributed by atoms with van der Waals surface area (Å²) in [4.78, 5) is 16.7. The first-order chi connectivity index (χ1) is 9.65. The summed E-state index contributed by atoms with van der Waals surface area (Å²) in [5.41, 5.74) is 4.11. The Morgan fingerprint density at radius 2 is 1.90 bits per heavy atom. The van der Waals surface area contributed by atoms with E-state index in [0.29, 0.717) is 23.8 Å². The molecule has 1 unspecified atom stereocenters. The molecule has 5 heteroatoms. The SMILES string of the molecule is CC(C)c1cc(C(=O)NCC(C)C(C)(C)C)cc(NN)n1. The molecule has 1 atom stereocenters. The summed E-state index contributed by atoms with van der Waals surface area (Å²) in [6, 6.07) is 3.49. The van der Waals surface area contributed by atoms with Crippen LogP contribution in [-0.2, 0) is 0 Å². The highest BCUT2D eigenvalue weighted by Gasteiger charge is 2.21. The second kappa shape index (κ2) is 6.89. The number of hydrogen-bond acceptors (Lipinski definition) is 4. The predicted octanol–water partition coefficient (Wildman–Crippen LogP) is 2.90. The second-order valence-electron chi connectivity index (χ2n) is 6.94. The quantitative estimate of drug-likeness (QED) is 0.576. The smallest absolute Gasteiger partial charge is 0.251 e. The van der Waals surface area contributed by atoms with Crippen molar-refractivity contribution in [2.45, 2.75) is 47.5 Å². The number of hydrazine groups is 1. The van der Waals surface area contributed by atoms with Crippen LogP contribution in [0.1, 0.15) is 63.5 Å². The van der Waals surface area contributed by atoms with Crippen LogP contribution in [0.4, 0.5) is 5.82 Å². The minimum Gasteiger partial charge on any atom is -0.352 e. The van der Waals surface area contributed by atoms with Crippen molar-refractivity contribution in [2.75, 3.05) is 12.0 Å². The van der Waals surface area contributed by atoms with Crippen LogP contribution < -0.4 is 16.6 Å².